The highest BCUT2D eigenvalue weighted by molar-refractivity contribution is 5.61. The molecule has 0 saturated heterocycles. The van der Waals surface area contributed by atoms with E-state index in [1.807, 2.05) is 70.2 Å². The van der Waals surface area contributed by atoms with E-state index in [-0.39, 0.29) is 50.5 Å². The lowest BCUT2D eigenvalue weighted by Gasteiger charge is -2.35. The molecule has 0 fully saturated rings. The van der Waals surface area contributed by atoms with Gasteiger partial charge in [0.05, 0.1) is 13.2 Å². The molecule has 9 heteroatoms. The van der Waals surface area contributed by atoms with Crippen molar-refractivity contribution in [1.29, 1.82) is 0 Å². The first kappa shape index (κ1) is 62.5. The number of phenolic OH excluding ortho intramolecular Hbond substituents is 5. The molecule has 0 saturated carbocycles. The van der Waals surface area contributed by atoms with Crippen molar-refractivity contribution in [3.63, 3.8) is 0 Å². The van der Waals surface area contributed by atoms with Crippen molar-refractivity contribution in [2.75, 3.05) is 0 Å². The van der Waals surface area contributed by atoms with Crippen LogP contribution in [0.3, 0.4) is 0 Å². The van der Waals surface area contributed by atoms with Crippen LogP contribution in [0.2, 0.25) is 0 Å². The Kier molecular flexibility index (Phi) is 18.3. The summed E-state index contributed by atoms with van der Waals surface area (Å²) in [5.41, 5.74) is 16.2. The Morgan fingerprint density at radius 1 is 0.296 bits per heavy atom. The van der Waals surface area contributed by atoms with Crippen LogP contribution in [0.4, 0.5) is 0 Å². The number of aliphatic hydroxyl groups is 2. The third-order valence-electron chi connectivity index (χ3n) is 17.5. The number of aryl methyl sites for hydroxylation is 9. The van der Waals surface area contributed by atoms with Crippen molar-refractivity contribution in [2.24, 2.45) is 0 Å². The van der Waals surface area contributed by atoms with Crippen molar-refractivity contribution >= 4 is 0 Å². The summed E-state index contributed by atoms with van der Waals surface area (Å²) in [5, 5.41) is 93.1. The lowest BCUT2D eigenvalue weighted by atomic mass is 9.68. The molecule has 0 aromatic heterocycles. The minimum absolute atomic E-state index is 0. The largest absolute Gasteiger partial charge is 1.00 e. The number of aromatic hydroxyl groups is 7. The van der Waals surface area contributed by atoms with Gasteiger partial charge in [-0.25, -0.2) is 0 Å². The van der Waals surface area contributed by atoms with Gasteiger partial charge in [0.15, 0.2) is 11.5 Å². The van der Waals surface area contributed by atoms with E-state index in [0.29, 0.717) is 45.1 Å². The summed E-state index contributed by atoms with van der Waals surface area (Å²) in [4.78, 5) is 0. The van der Waals surface area contributed by atoms with Crippen molar-refractivity contribution in [1.82, 2.24) is 0 Å². The van der Waals surface area contributed by atoms with Gasteiger partial charge in [-0.05, 0) is 199 Å². The topological polar surface area (TPSA) is 182 Å². The van der Waals surface area contributed by atoms with Crippen LogP contribution in [-0.2, 0) is 47.7 Å². The van der Waals surface area contributed by atoms with Crippen LogP contribution in [-0.4, -0.2) is 46.0 Å². The van der Waals surface area contributed by atoms with E-state index in [2.05, 4.69) is 116 Å². The molecule has 81 heavy (non-hydrogen) atoms. The molecule has 9 N–H and O–H groups in total. The molecule has 428 valence electrons. The Morgan fingerprint density at radius 3 is 0.815 bits per heavy atom. The van der Waals surface area contributed by atoms with Gasteiger partial charge in [0.2, 0.25) is 0 Å². The number of rotatable bonds is 14. The van der Waals surface area contributed by atoms with Crippen LogP contribution in [0.25, 0.3) is 0 Å². The number of phenols is 7. The van der Waals surface area contributed by atoms with Crippen LogP contribution >= 0.6 is 0 Å². The first-order chi connectivity index (χ1) is 37.5. The molecule has 0 heterocycles. The summed E-state index contributed by atoms with van der Waals surface area (Å²) in [6.45, 7) is 29.5. The Hall–Kier alpha value is -7.72. The molecular weight excluding hydrogens is 1010 g/mol. The number of hydrogen-bond acceptors (Lipinski definition) is 9. The molecule has 8 rings (SSSR count). The van der Waals surface area contributed by atoms with E-state index < -0.39 is 16.2 Å². The van der Waals surface area contributed by atoms with Gasteiger partial charge in [-0.3, -0.25) is 0 Å². The average molecular weight is 1100 g/mol. The molecule has 0 aliphatic heterocycles. The second kappa shape index (κ2) is 23.8. The highest BCUT2D eigenvalue weighted by atomic mass is 16.3. The SMILES string of the molecule is C.CCc1cc(C(C)(c2ccc(C(C)(C)c3cc(C)c(O)c(C)c3)cc2)c2cc(C)c(O)c(CC)c2)cc(C)c1O.Cc1cc(C(C)(C)c2ccc(C(C)(c3cc(C)c(O)c(CO)c3)c3cc(C)c(O)c(CO)c3)cc2)cc(O)c1O.[H+]. The molecule has 0 radical (unpaired) electrons. The minimum Gasteiger partial charge on any atom is -0.507 e. The van der Waals surface area contributed by atoms with E-state index >= 15 is 0 Å². The smallest absolute Gasteiger partial charge is 0.507 e. The fourth-order valence-electron chi connectivity index (χ4n) is 11.6. The van der Waals surface area contributed by atoms with Crippen molar-refractivity contribution in [3.05, 3.63) is 238 Å². The molecule has 0 unspecified atom stereocenters. The number of aliphatic hydroxyl groups excluding tert-OH is 2. The van der Waals surface area contributed by atoms with Gasteiger partial charge in [0.25, 0.3) is 0 Å². The van der Waals surface area contributed by atoms with Crippen LogP contribution in [0.1, 0.15) is 181 Å². The maximum Gasteiger partial charge on any atom is 1.00 e. The van der Waals surface area contributed by atoms with Gasteiger partial charge in [-0.15, -0.1) is 0 Å². The van der Waals surface area contributed by atoms with E-state index in [1.165, 1.54) is 11.1 Å². The summed E-state index contributed by atoms with van der Waals surface area (Å²) in [6.07, 6.45) is 1.48. The second-order valence-electron chi connectivity index (χ2n) is 23.5. The molecule has 0 aliphatic carbocycles. The quantitative estimate of drug-likeness (QED) is 0.0378. The fourth-order valence-corrected chi connectivity index (χ4v) is 11.6. The monoisotopic (exact) mass is 1100 g/mol. The van der Waals surface area contributed by atoms with E-state index in [1.54, 1.807) is 39.0 Å². The molecular formula is C72H87O9+. The van der Waals surface area contributed by atoms with Crippen LogP contribution in [0.5, 0.6) is 40.2 Å². The standard InChI is InChI=1S/C37H44O3.C34H38O6.CH4/c1-10-26-20-31(18-24(5)34(26)39)37(9,32-19-25(6)35(40)27(11-2)21-32)29-14-12-28(13-15-29)36(7,8)30-16-22(3)33(38)23(4)17-30;1-19-12-27(14-22(17-35)30(19)38)34(6,28-13-20(2)31(39)23(15-28)18-36)25-9-7-24(8-10-25)33(4,5)26-11-21(3)32(40)29(37)16-26;/h12-21,38-40H,10-11H2,1-9H3;7-16,35-40H,17-18H2,1-6H3;1H4/p+1. The fraction of sp³-hybridized carbons (Fsp3) is 0.333. The zero-order chi connectivity index (χ0) is 59.1. The zero-order valence-electron chi connectivity index (χ0n) is 50.4. The van der Waals surface area contributed by atoms with Crippen LogP contribution in [0.15, 0.2) is 121 Å². The molecule has 8 aromatic carbocycles. The zero-order valence-corrected chi connectivity index (χ0v) is 49.4. The summed E-state index contributed by atoms with van der Waals surface area (Å²) in [6, 6.07) is 40.5. The van der Waals surface area contributed by atoms with Gasteiger partial charge in [-0.1, -0.05) is 152 Å². The maximum atomic E-state index is 10.7. The average Bonchev–Trinajstić information content (AvgIpc) is 3.32. The van der Waals surface area contributed by atoms with Crippen molar-refractivity contribution in [2.45, 2.75) is 159 Å². The number of benzene rings is 8. The van der Waals surface area contributed by atoms with Gasteiger partial charge >= 0.3 is 1.43 Å². The summed E-state index contributed by atoms with van der Waals surface area (Å²) in [5.74, 6) is 0.910. The Morgan fingerprint density at radius 2 is 0.531 bits per heavy atom. The Balaban J connectivity index is 0.000000293. The van der Waals surface area contributed by atoms with E-state index in [0.717, 1.165) is 90.7 Å². The van der Waals surface area contributed by atoms with Crippen molar-refractivity contribution in [3.8, 4) is 40.2 Å². The summed E-state index contributed by atoms with van der Waals surface area (Å²) < 4.78 is 0. The minimum atomic E-state index is -0.777. The maximum absolute atomic E-state index is 10.7. The normalized spacial score (nSPS) is 12.0. The van der Waals surface area contributed by atoms with Gasteiger partial charge in [-0.2, -0.15) is 0 Å². The third kappa shape index (κ3) is 11.5. The Labute approximate surface area is 482 Å². The van der Waals surface area contributed by atoms with Gasteiger partial charge in [0, 0.05) is 32.8 Å². The van der Waals surface area contributed by atoms with E-state index in [9.17, 15) is 46.0 Å². The van der Waals surface area contributed by atoms with Gasteiger partial charge < -0.3 is 46.0 Å². The second-order valence-corrected chi connectivity index (χ2v) is 23.5. The number of hydrogen-bond donors (Lipinski definition) is 9. The van der Waals surface area contributed by atoms with E-state index in [4.69, 9.17) is 0 Å². The molecule has 0 amide bonds. The molecule has 0 spiro atoms. The molecule has 8 aromatic rings. The predicted molar refractivity (Wildman–Crippen MR) is 330 cm³/mol. The highest BCUT2D eigenvalue weighted by Gasteiger charge is 2.37. The Bertz CT molecular complexity index is 3210. The summed E-state index contributed by atoms with van der Waals surface area (Å²) >= 11 is 0. The first-order valence-corrected chi connectivity index (χ1v) is 27.6. The first-order valence-electron chi connectivity index (χ1n) is 27.6. The van der Waals surface area contributed by atoms with Crippen molar-refractivity contribution < 1.29 is 47.4 Å². The van der Waals surface area contributed by atoms with Crippen LogP contribution in [0, 0.1) is 48.5 Å². The lowest BCUT2D eigenvalue weighted by Crippen LogP contribution is -2.27. The molecule has 0 aliphatic rings. The predicted octanol–water partition coefficient (Wildman–Crippen LogP) is 15.7. The summed E-state index contributed by atoms with van der Waals surface area (Å²) in [7, 11) is 0. The van der Waals surface area contributed by atoms with Crippen LogP contribution < -0.4 is 0 Å². The highest BCUT2D eigenvalue weighted by Crippen LogP contribution is 2.47. The molecule has 9 nitrogen and oxygen atoms in total. The third-order valence-corrected chi connectivity index (χ3v) is 17.5. The van der Waals surface area contributed by atoms with Gasteiger partial charge in [0.1, 0.15) is 28.7 Å². The lowest BCUT2D eigenvalue weighted by molar-refractivity contribution is 0.275. The molecule has 0 atom stereocenters. The molecule has 0 bridgehead atoms.